The van der Waals surface area contributed by atoms with Crippen LogP contribution in [0, 0.1) is 12.7 Å². The summed E-state index contributed by atoms with van der Waals surface area (Å²) >= 11 is 0. The van der Waals surface area contributed by atoms with Gasteiger partial charge in [-0.25, -0.2) is 14.2 Å². The van der Waals surface area contributed by atoms with E-state index < -0.39 is 36.0 Å². The van der Waals surface area contributed by atoms with Gasteiger partial charge in [-0.05, 0) is 35.7 Å². The van der Waals surface area contributed by atoms with Crippen LogP contribution in [-0.4, -0.2) is 43.1 Å². The van der Waals surface area contributed by atoms with Gasteiger partial charge in [-0.1, -0.05) is 44.2 Å². The zero-order valence-corrected chi connectivity index (χ0v) is 23.0. The first-order valence-corrected chi connectivity index (χ1v) is 13.4. The van der Waals surface area contributed by atoms with Crippen LogP contribution >= 0.6 is 0 Å². The lowest BCUT2D eigenvalue weighted by Gasteiger charge is -2.24. The summed E-state index contributed by atoms with van der Waals surface area (Å²) in [6.45, 7) is 5.13. The van der Waals surface area contributed by atoms with Crippen LogP contribution in [0.5, 0.6) is 0 Å². The first-order chi connectivity index (χ1) is 19.8. The van der Waals surface area contributed by atoms with Crippen molar-refractivity contribution in [3.05, 3.63) is 98.1 Å². The SMILES string of the molecule is CC.Cc1cc2c(CN(Cc3ccccc3)C(=O)CO)c3c(nc2cc1F)-c1cc2c(c(=O)n1C3)COC(=O)C2O. The molecule has 2 aromatic carbocycles. The molecule has 1 atom stereocenters. The van der Waals surface area contributed by atoms with E-state index in [1.54, 1.807) is 19.1 Å². The minimum atomic E-state index is -1.60. The van der Waals surface area contributed by atoms with Crippen LogP contribution in [0.1, 0.15) is 53.3 Å². The molecule has 2 aromatic heterocycles. The van der Waals surface area contributed by atoms with Crippen molar-refractivity contribution in [2.45, 2.75) is 53.1 Å². The normalized spacial score (nSPS) is 14.9. The number of halogens is 1. The number of amides is 1. The van der Waals surface area contributed by atoms with Gasteiger partial charge in [-0.15, -0.1) is 0 Å². The second-order valence-electron chi connectivity index (χ2n) is 9.79. The number of rotatable bonds is 5. The number of benzene rings is 2. The molecule has 1 amide bonds. The molecule has 0 fully saturated rings. The van der Waals surface area contributed by atoms with Crippen molar-refractivity contribution in [2.75, 3.05) is 6.61 Å². The lowest BCUT2D eigenvalue weighted by molar-refractivity contribution is -0.157. The molecule has 2 aliphatic rings. The first-order valence-electron chi connectivity index (χ1n) is 13.4. The van der Waals surface area contributed by atoms with E-state index in [0.29, 0.717) is 39.0 Å². The Morgan fingerprint density at radius 1 is 1.12 bits per heavy atom. The fourth-order valence-corrected chi connectivity index (χ4v) is 5.35. The predicted octanol–water partition coefficient (Wildman–Crippen LogP) is 3.51. The minimum absolute atomic E-state index is 0.0768. The number of aliphatic hydroxyl groups is 2. The van der Waals surface area contributed by atoms with E-state index in [0.717, 1.165) is 5.56 Å². The fourth-order valence-electron chi connectivity index (χ4n) is 5.35. The Balaban J connectivity index is 0.00000165. The Morgan fingerprint density at radius 2 is 1.85 bits per heavy atom. The maximum atomic E-state index is 14.7. The van der Waals surface area contributed by atoms with Gasteiger partial charge in [0.1, 0.15) is 19.0 Å². The molecule has 9 nitrogen and oxygen atoms in total. The number of nitrogens with zero attached hydrogens (tertiary/aromatic N) is 3. The molecule has 4 heterocycles. The standard InChI is InChI=1S/C29H24FN3O6.C2H6/c1-15-7-17-19(11-32(25(35)13-34)10-16-5-3-2-4-6-16)20-12-33-24(26(20)31-23(17)9-22(15)30)8-18-21(28(33)37)14-39-29(38)27(18)36;1-2/h2-9,27,34,36H,10-14H2,1H3;1-2H3. The smallest absolute Gasteiger partial charge is 0.340 e. The third-order valence-electron chi connectivity index (χ3n) is 7.41. The zero-order chi connectivity index (χ0) is 29.4. The highest BCUT2D eigenvalue weighted by atomic mass is 19.1. The van der Waals surface area contributed by atoms with E-state index >= 15 is 0 Å². The number of hydrogen-bond donors (Lipinski definition) is 2. The highest BCUT2D eigenvalue weighted by Crippen LogP contribution is 2.39. The number of aryl methyl sites for hydroxylation is 1. The Kier molecular flexibility index (Phi) is 7.70. The summed E-state index contributed by atoms with van der Waals surface area (Å²) in [6.07, 6.45) is -1.60. The quantitative estimate of drug-likeness (QED) is 0.316. The van der Waals surface area contributed by atoms with E-state index in [9.17, 15) is 29.0 Å². The molecule has 10 heteroatoms. The lowest BCUT2D eigenvalue weighted by atomic mass is 9.97. The molecule has 41 heavy (non-hydrogen) atoms. The van der Waals surface area contributed by atoms with Crippen LogP contribution in [-0.2, 0) is 40.6 Å². The van der Waals surface area contributed by atoms with Crippen LogP contribution in [0.3, 0.4) is 0 Å². The molecule has 0 radical (unpaired) electrons. The van der Waals surface area contributed by atoms with Crippen LogP contribution in [0.2, 0.25) is 0 Å². The number of carbonyl (C=O) groups is 2. The molecular weight excluding hydrogens is 529 g/mol. The Labute approximate surface area is 235 Å². The summed E-state index contributed by atoms with van der Waals surface area (Å²) < 4.78 is 21.1. The summed E-state index contributed by atoms with van der Waals surface area (Å²) in [6, 6.07) is 13.9. The van der Waals surface area contributed by atoms with E-state index in [2.05, 4.69) is 0 Å². The highest BCUT2D eigenvalue weighted by Gasteiger charge is 2.35. The van der Waals surface area contributed by atoms with Gasteiger partial charge in [-0.2, -0.15) is 0 Å². The van der Waals surface area contributed by atoms with Gasteiger partial charge in [0, 0.05) is 35.7 Å². The average Bonchev–Trinajstić information content (AvgIpc) is 3.35. The van der Waals surface area contributed by atoms with E-state index in [4.69, 9.17) is 9.72 Å². The number of cyclic esters (lactones) is 1. The third kappa shape index (κ3) is 4.89. The molecule has 0 spiro atoms. The fraction of sp³-hybridized carbons (Fsp3) is 0.290. The molecular formula is C31H30FN3O6. The molecule has 1 unspecified atom stereocenters. The van der Waals surface area contributed by atoms with Crippen molar-refractivity contribution >= 4 is 22.8 Å². The van der Waals surface area contributed by atoms with Crippen molar-refractivity contribution in [1.82, 2.24) is 14.5 Å². The molecule has 6 rings (SSSR count). The molecule has 212 valence electrons. The van der Waals surface area contributed by atoms with Crippen LogP contribution in [0.25, 0.3) is 22.3 Å². The van der Waals surface area contributed by atoms with Crippen molar-refractivity contribution in [3.8, 4) is 11.4 Å². The van der Waals surface area contributed by atoms with Gasteiger partial charge >= 0.3 is 5.97 Å². The molecule has 0 bridgehead atoms. The second kappa shape index (κ2) is 11.2. The maximum Gasteiger partial charge on any atom is 0.340 e. The summed E-state index contributed by atoms with van der Waals surface area (Å²) in [4.78, 5) is 44.5. The van der Waals surface area contributed by atoms with Crippen LogP contribution in [0.15, 0.2) is 53.3 Å². The Morgan fingerprint density at radius 3 is 2.56 bits per heavy atom. The number of fused-ring (bicyclic) bond motifs is 5. The highest BCUT2D eigenvalue weighted by molar-refractivity contribution is 5.89. The number of pyridine rings is 2. The van der Waals surface area contributed by atoms with Crippen molar-refractivity contribution in [3.63, 3.8) is 0 Å². The van der Waals surface area contributed by atoms with Crippen molar-refractivity contribution < 1.29 is 28.9 Å². The van der Waals surface area contributed by atoms with Crippen LogP contribution < -0.4 is 5.56 Å². The lowest BCUT2D eigenvalue weighted by Crippen LogP contribution is -2.33. The summed E-state index contributed by atoms with van der Waals surface area (Å²) in [5.41, 5.74) is 3.65. The Bertz CT molecular complexity index is 1730. The average molecular weight is 560 g/mol. The first kappa shape index (κ1) is 28.1. The zero-order valence-electron chi connectivity index (χ0n) is 23.0. The predicted molar refractivity (Wildman–Crippen MR) is 149 cm³/mol. The summed E-state index contributed by atoms with van der Waals surface area (Å²) in [7, 11) is 0. The van der Waals surface area contributed by atoms with E-state index in [-0.39, 0.29) is 37.4 Å². The molecule has 0 saturated heterocycles. The number of esters is 1. The number of hydrogen-bond acceptors (Lipinski definition) is 7. The van der Waals surface area contributed by atoms with Gasteiger partial charge in [0.05, 0.1) is 29.0 Å². The molecule has 4 aromatic rings. The molecule has 2 aliphatic heterocycles. The van der Waals surface area contributed by atoms with Crippen LogP contribution in [0.4, 0.5) is 4.39 Å². The largest absolute Gasteiger partial charge is 0.458 e. The monoisotopic (exact) mass is 559 g/mol. The maximum absolute atomic E-state index is 14.7. The molecule has 2 N–H and O–H groups in total. The van der Waals surface area contributed by atoms with Gasteiger partial charge in [-0.3, -0.25) is 9.59 Å². The molecule has 0 aliphatic carbocycles. The minimum Gasteiger partial charge on any atom is -0.458 e. The summed E-state index contributed by atoms with van der Waals surface area (Å²) in [5.74, 6) is -1.78. The van der Waals surface area contributed by atoms with E-state index in [1.165, 1.54) is 15.5 Å². The molecule has 0 saturated carbocycles. The summed E-state index contributed by atoms with van der Waals surface area (Å²) in [5, 5.41) is 20.8. The number of aromatic nitrogens is 2. The van der Waals surface area contributed by atoms with Crippen molar-refractivity contribution in [2.24, 2.45) is 0 Å². The second-order valence-corrected chi connectivity index (χ2v) is 9.79. The van der Waals surface area contributed by atoms with Crippen molar-refractivity contribution in [1.29, 1.82) is 0 Å². The van der Waals surface area contributed by atoms with Gasteiger partial charge in [0.2, 0.25) is 5.91 Å². The topological polar surface area (TPSA) is 122 Å². The number of ether oxygens (including phenoxy) is 1. The van der Waals surface area contributed by atoms with E-state index in [1.807, 2.05) is 44.2 Å². The van der Waals surface area contributed by atoms with Gasteiger partial charge in [0.15, 0.2) is 6.10 Å². The van der Waals surface area contributed by atoms with Gasteiger partial charge in [0.25, 0.3) is 5.56 Å². The Hall–Kier alpha value is -4.41. The number of aliphatic hydroxyl groups excluding tert-OH is 2. The van der Waals surface area contributed by atoms with Gasteiger partial charge < -0.3 is 24.4 Å². The third-order valence-corrected chi connectivity index (χ3v) is 7.41. The number of carbonyl (C=O) groups excluding carboxylic acids is 2.